The molecule has 1 aliphatic rings. The highest BCUT2D eigenvalue weighted by Gasteiger charge is 2.21. The third-order valence-electron chi connectivity index (χ3n) is 5.10. The van der Waals surface area contributed by atoms with Crippen molar-refractivity contribution >= 4 is 11.5 Å². The molecular weight excluding hydrogens is 357 g/mol. The number of methoxy groups -OCH3 is 1. The zero-order chi connectivity index (χ0) is 20.1. The van der Waals surface area contributed by atoms with E-state index < -0.39 is 0 Å². The Kier molecular flexibility index (Phi) is 6.27. The first-order valence-corrected chi connectivity index (χ1v) is 9.36. The number of carbonyl (C=O) groups is 1. The van der Waals surface area contributed by atoms with Crippen LogP contribution in [0.15, 0.2) is 36.4 Å². The average molecular weight is 381 g/mol. The first-order chi connectivity index (χ1) is 13.5. The number of nitriles is 1. The van der Waals surface area contributed by atoms with Gasteiger partial charge in [-0.2, -0.15) is 5.26 Å². The van der Waals surface area contributed by atoms with Gasteiger partial charge >= 0.3 is 0 Å². The summed E-state index contributed by atoms with van der Waals surface area (Å²) in [5.41, 5.74) is 2.79. The quantitative estimate of drug-likeness (QED) is 0.767. The van der Waals surface area contributed by atoms with E-state index in [4.69, 9.17) is 10.00 Å². The Balaban J connectivity index is 1.59. The third-order valence-corrected chi connectivity index (χ3v) is 5.10. The molecule has 0 amide bonds. The number of hydrogen-bond donors (Lipinski definition) is 1. The Bertz CT molecular complexity index is 899. The van der Waals surface area contributed by atoms with Crippen molar-refractivity contribution in [3.8, 4) is 11.8 Å². The van der Waals surface area contributed by atoms with Crippen LogP contribution in [0.5, 0.6) is 5.75 Å². The monoisotopic (exact) mass is 381 g/mol. The molecule has 2 aromatic rings. The highest BCUT2D eigenvalue weighted by atomic mass is 19.1. The Morgan fingerprint density at radius 1 is 1.29 bits per heavy atom. The van der Waals surface area contributed by atoms with Gasteiger partial charge in [0.05, 0.1) is 18.7 Å². The molecule has 1 N–H and O–H groups in total. The van der Waals surface area contributed by atoms with Crippen molar-refractivity contribution in [2.75, 3.05) is 25.5 Å². The predicted molar refractivity (Wildman–Crippen MR) is 106 cm³/mol. The lowest BCUT2D eigenvalue weighted by atomic mass is 10.0. The van der Waals surface area contributed by atoms with E-state index in [1.54, 1.807) is 24.3 Å². The molecule has 2 aromatic carbocycles. The molecule has 146 valence electrons. The van der Waals surface area contributed by atoms with Gasteiger partial charge in [-0.15, -0.1) is 0 Å². The molecule has 0 atom stereocenters. The Morgan fingerprint density at radius 2 is 2.04 bits per heavy atom. The van der Waals surface area contributed by atoms with Gasteiger partial charge < -0.3 is 10.1 Å². The zero-order valence-corrected chi connectivity index (χ0v) is 16.2. The SMILES string of the molecule is COc1ccc(CN2CCC(Nc3cc(C#N)ccc3C(C)=O)CC2)cc1F. The molecule has 5 nitrogen and oxygen atoms in total. The minimum absolute atomic E-state index is 0.0223. The van der Waals surface area contributed by atoms with Gasteiger partial charge in [0.1, 0.15) is 0 Å². The second-order valence-electron chi connectivity index (χ2n) is 7.09. The largest absolute Gasteiger partial charge is 0.494 e. The van der Waals surface area contributed by atoms with Crippen LogP contribution >= 0.6 is 0 Å². The Hall–Kier alpha value is -2.91. The minimum Gasteiger partial charge on any atom is -0.494 e. The van der Waals surface area contributed by atoms with Gasteiger partial charge in [0.25, 0.3) is 0 Å². The van der Waals surface area contributed by atoms with Crippen LogP contribution in [0.1, 0.15) is 41.3 Å². The summed E-state index contributed by atoms with van der Waals surface area (Å²) in [4.78, 5) is 14.2. The molecule has 3 rings (SSSR count). The molecule has 0 spiro atoms. The van der Waals surface area contributed by atoms with Crippen LogP contribution in [-0.4, -0.2) is 36.9 Å². The maximum absolute atomic E-state index is 13.9. The molecule has 1 heterocycles. The van der Waals surface area contributed by atoms with E-state index in [2.05, 4.69) is 16.3 Å². The second kappa shape index (κ2) is 8.85. The molecule has 0 radical (unpaired) electrons. The molecule has 1 saturated heterocycles. The number of piperidine rings is 1. The highest BCUT2D eigenvalue weighted by molar-refractivity contribution is 5.99. The number of benzene rings is 2. The summed E-state index contributed by atoms with van der Waals surface area (Å²) in [6.45, 7) is 3.97. The fraction of sp³-hybridized carbons (Fsp3) is 0.364. The number of halogens is 1. The molecule has 0 unspecified atom stereocenters. The average Bonchev–Trinajstić information content (AvgIpc) is 2.69. The van der Waals surface area contributed by atoms with E-state index >= 15 is 0 Å². The van der Waals surface area contributed by atoms with Crippen LogP contribution in [0.3, 0.4) is 0 Å². The summed E-state index contributed by atoms with van der Waals surface area (Å²) in [6, 6.07) is 12.5. The lowest BCUT2D eigenvalue weighted by molar-refractivity contribution is 0.101. The minimum atomic E-state index is -0.342. The first-order valence-electron chi connectivity index (χ1n) is 9.36. The van der Waals surface area contributed by atoms with Crippen molar-refractivity contribution in [1.29, 1.82) is 5.26 Å². The molecule has 0 bridgehead atoms. The fourth-order valence-corrected chi connectivity index (χ4v) is 3.56. The number of carbonyl (C=O) groups excluding carboxylic acids is 1. The standard InChI is InChI=1S/C22H24FN3O2/c1-15(27)19-5-3-16(13-24)12-21(19)25-18-7-9-26(10-8-18)14-17-4-6-22(28-2)20(23)11-17/h3-6,11-12,18,25H,7-10,14H2,1-2H3. The summed E-state index contributed by atoms with van der Waals surface area (Å²) in [5, 5.41) is 12.6. The summed E-state index contributed by atoms with van der Waals surface area (Å²) in [6.07, 6.45) is 1.82. The van der Waals surface area contributed by atoms with Crippen LogP contribution in [-0.2, 0) is 6.54 Å². The fourth-order valence-electron chi connectivity index (χ4n) is 3.56. The van der Waals surface area contributed by atoms with Gasteiger partial charge in [-0.1, -0.05) is 6.07 Å². The number of ketones is 1. The van der Waals surface area contributed by atoms with Crippen molar-refractivity contribution in [2.24, 2.45) is 0 Å². The van der Waals surface area contributed by atoms with Gasteiger partial charge in [0.15, 0.2) is 17.3 Å². The van der Waals surface area contributed by atoms with Crippen LogP contribution in [0, 0.1) is 17.1 Å². The van der Waals surface area contributed by atoms with Gasteiger partial charge in [-0.25, -0.2) is 4.39 Å². The van der Waals surface area contributed by atoms with Crippen molar-refractivity contribution in [2.45, 2.75) is 32.4 Å². The van der Waals surface area contributed by atoms with E-state index in [1.165, 1.54) is 20.1 Å². The summed E-state index contributed by atoms with van der Waals surface area (Å²) >= 11 is 0. The number of nitrogens with zero attached hydrogens (tertiary/aromatic N) is 2. The number of anilines is 1. The number of rotatable bonds is 6. The molecule has 0 aliphatic carbocycles. The first kappa shape index (κ1) is 19.8. The lowest BCUT2D eigenvalue weighted by Crippen LogP contribution is -2.38. The maximum atomic E-state index is 13.9. The van der Waals surface area contributed by atoms with Gasteiger partial charge in [-0.05, 0) is 55.7 Å². The van der Waals surface area contributed by atoms with Crippen molar-refractivity contribution in [1.82, 2.24) is 4.90 Å². The molecule has 28 heavy (non-hydrogen) atoms. The number of hydrogen-bond acceptors (Lipinski definition) is 5. The molecule has 0 aromatic heterocycles. The van der Waals surface area contributed by atoms with Crippen LogP contribution in [0.25, 0.3) is 0 Å². The lowest BCUT2D eigenvalue weighted by Gasteiger charge is -2.33. The second-order valence-corrected chi connectivity index (χ2v) is 7.09. The van der Waals surface area contributed by atoms with E-state index in [0.717, 1.165) is 37.2 Å². The number of likely N-dealkylation sites (tertiary alicyclic amines) is 1. The van der Waals surface area contributed by atoms with E-state index in [1.807, 2.05) is 6.07 Å². The normalized spacial score (nSPS) is 15.1. The summed E-state index contributed by atoms with van der Waals surface area (Å²) < 4.78 is 18.8. The smallest absolute Gasteiger partial charge is 0.165 e. The van der Waals surface area contributed by atoms with Gasteiger partial charge in [0, 0.05) is 36.9 Å². The Morgan fingerprint density at radius 3 is 2.64 bits per heavy atom. The van der Waals surface area contributed by atoms with Crippen molar-refractivity contribution in [3.63, 3.8) is 0 Å². The molecule has 6 heteroatoms. The van der Waals surface area contributed by atoms with Crippen LogP contribution in [0.2, 0.25) is 0 Å². The zero-order valence-electron chi connectivity index (χ0n) is 16.2. The van der Waals surface area contributed by atoms with Gasteiger partial charge in [-0.3, -0.25) is 9.69 Å². The predicted octanol–water partition coefficient (Wildman–Crippen LogP) is 3.99. The van der Waals surface area contributed by atoms with E-state index in [9.17, 15) is 9.18 Å². The molecular formula is C22H24FN3O2. The van der Waals surface area contributed by atoms with Gasteiger partial charge in [0.2, 0.25) is 0 Å². The summed E-state index contributed by atoms with van der Waals surface area (Å²) in [7, 11) is 1.46. The van der Waals surface area contributed by atoms with Crippen LogP contribution < -0.4 is 10.1 Å². The Labute approximate surface area is 164 Å². The number of Topliss-reactive ketones (excluding diaryl/α,β-unsaturated/α-hetero) is 1. The molecule has 0 saturated carbocycles. The topological polar surface area (TPSA) is 65.4 Å². The van der Waals surface area contributed by atoms with E-state index in [-0.39, 0.29) is 23.4 Å². The van der Waals surface area contributed by atoms with Crippen molar-refractivity contribution < 1.29 is 13.9 Å². The van der Waals surface area contributed by atoms with E-state index in [0.29, 0.717) is 17.7 Å². The van der Waals surface area contributed by atoms with Crippen molar-refractivity contribution in [3.05, 3.63) is 58.9 Å². The van der Waals surface area contributed by atoms with Crippen LogP contribution in [0.4, 0.5) is 10.1 Å². The number of ether oxygens (including phenoxy) is 1. The maximum Gasteiger partial charge on any atom is 0.165 e. The third kappa shape index (κ3) is 4.68. The highest BCUT2D eigenvalue weighted by Crippen LogP contribution is 2.24. The molecule has 1 aliphatic heterocycles. The molecule has 1 fully saturated rings. The number of nitrogens with one attached hydrogen (secondary N) is 1. The summed E-state index contributed by atoms with van der Waals surface area (Å²) in [5.74, 6) is -0.107.